The van der Waals surface area contributed by atoms with Crippen molar-refractivity contribution in [1.82, 2.24) is 14.6 Å². The molecule has 1 aromatic carbocycles. The van der Waals surface area contributed by atoms with Gasteiger partial charge in [0.2, 0.25) is 0 Å². The number of aromatic nitrogens is 3. The summed E-state index contributed by atoms with van der Waals surface area (Å²) in [6.07, 6.45) is 2.64. The van der Waals surface area contributed by atoms with Crippen LogP contribution in [0.1, 0.15) is 6.42 Å². The van der Waals surface area contributed by atoms with E-state index in [1.807, 2.05) is 24.3 Å². The number of methoxy groups -OCH3 is 1. The molecule has 0 N–H and O–H groups in total. The maximum Gasteiger partial charge on any atom is 0.195 e. The first-order chi connectivity index (χ1) is 11.7. The van der Waals surface area contributed by atoms with Crippen LogP contribution in [0.15, 0.2) is 41.7 Å². The molecule has 2 aromatic heterocycles. The van der Waals surface area contributed by atoms with Crippen LogP contribution in [0.4, 0.5) is 0 Å². The van der Waals surface area contributed by atoms with Gasteiger partial charge in [-0.25, -0.2) is 0 Å². The number of nitrogens with zero attached hydrogens (tertiary/aromatic N) is 3. The first-order valence-electron chi connectivity index (χ1n) is 7.27. The van der Waals surface area contributed by atoms with Gasteiger partial charge in [-0.15, -0.1) is 10.2 Å². The molecule has 0 saturated heterocycles. The lowest BCUT2D eigenvalue weighted by Gasteiger charge is -2.06. The Hall–Kier alpha value is -1.63. The van der Waals surface area contributed by atoms with Gasteiger partial charge in [0.25, 0.3) is 0 Å². The lowest BCUT2D eigenvalue weighted by atomic mass is 10.3. The van der Waals surface area contributed by atoms with Crippen molar-refractivity contribution in [3.63, 3.8) is 0 Å². The molecule has 2 heterocycles. The molecule has 0 atom stereocenters. The summed E-state index contributed by atoms with van der Waals surface area (Å²) in [5.74, 6) is 2.49. The van der Waals surface area contributed by atoms with Crippen LogP contribution in [0.3, 0.4) is 0 Å². The average Bonchev–Trinajstić information content (AvgIpc) is 2.98. The van der Waals surface area contributed by atoms with Crippen LogP contribution in [0, 0.1) is 0 Å². The van der Waals surface area contributed by atoms with Crippen LogP contribution in [0.25, 0.3) is 5.65 Å². The summed E-state index contributed by atoms with van der Waals surface area (Å²) in [4.78, 5) is 0. The predicted molar refractivity (Wildman–Crippen MR) is 96.8 cm³/mol. The first-order valence-corrected chi connectivity index (χ1v) is 9.01. The lowest BCUT2D eigenvalue weighted by Crippen LogP contribution is -1.99. The van der Waals surface area contributed by atoms with Gasteiger partial charge in [0.05, 0.1) is 23.8 Å². The highest BCUT2D eigenvalue weighted by Gasteiger charge is 2.10. The molecule has 5 nitrogen and oxygen atoms in total. The minimum absolute atomic E-state index is 0.490. The fraction of sp³-hybridized carbons (Fsp3) is 0.250. The fourth-order valence-electron chi connectivity index (χ4n) is 2.09. The Kier molecular flexibility index (Phi) is 5.71. The van der Waals surface area contributed by atoms with Crippen LogP contribution in [-0.4, -0.2) is 34.1 Å². The molecular formula is C16H15Cl2N3O2S. The molecule has 8 heteroatoms. The van der Waals surface area contributed by atoms with Crippen LogP contribution in [0.2, 0.25) is 10.0 Å². The summed E-state index contributed by atoms with van der Waals surface area (Å²) < 4.78 is 12.6. The van der Waals surface area contributed by atoms with Gasteiger partial charge < -0.3 is 9.47 Å². The number of hydrogen-bond acceptors (Lipinski definition) is 5. The number of halogens is 2. The van der Waals surface area contributed by atoms with Crippen LogP contribution in [0.5, 0.6) is 11.5 Å². The Morgan fingerprint density at radius 2 is 1.88 bits per heavy atom. The second-order valence-corrected chi connectivity index (χ2v) is 6.81. The number of rotatable bonds is 7. The third-order valence-electron chi connectivity index (χ3n) is 3.24. The van der Waals surface area contributed by atoms with Crippen LogP contribution >= 0.6 is 35.0 Å². The number of benzene rings is 1. The van der Waals surface area contributed by atoms with E-state index in [4.69, 9.17) is 32.7 Å². The highest BCUT2D eigenvalue weighted by Crippen LogP contribution is 2.25. The predicted octanol–water partition coefficient (Wildman–Crippen LogP) is 4.61. The molecule has 0 fully saturated rings. The van der Waals surface area contributed by atoms with Crippen molar-refractivity contribution in [3.8, 4) is 11.5 Å². The van der Waals surface area contributed by atoms with Gasteiger partial charge in [-0.3, -0.25) is 4.40 Å². The maximum atomic E-state index is 6.10. The SMILES string of the molecule is COc1ccc(OCCCSc2nnc3c(Cl)cc(Cl)cn23)cc1. The van der Waals surface area contributed by atoms with Crippen molar-refractivity contribution < 1.29 is 9.47 Å². The van der Waals surface area contributed by atoms with Gasteiger partial charge in [0.15, 0.2) is 10.8 Å². The molecule has 3 aromatic rings. The van der Waals surface area contributed by atoms with Crippen molar-refractivity contribution in [2.75, 3.05) is 19.5 Å². The molecule has 0 spiro atoms. The minimum atomic E-state index is 0.490. The molecule has 24 heavy (non-hydrogen) atoms. The van der Waals surface area contributed by atoms with E-state index >= 15 is 0 Å². The molecule has 0 unspecified atom stereocenters. The molecule has 0 aliphatic rings. The number of ether oxygens (including phenoxy) is 2. The highest BCUT2D eigenvalue weighted by molar-refractivity contribution is 7.99. The Labute approximate surface area is 153 Å². The van der Waals surface area contributed by atoms with Crippen molar-refractivity contribution in [2.24, 2.45) is 0 Å². The van der Waals surface area contributed by atoms with Gasteiger partial charge in [0, 0.05) is 11.9 Å². The summed E-state index contributed by atoms with van der Waals surface area (Å²) in [5.41, 5.74) is 0.609. The molecule has 3 rings (SSSR count). The molecular weight excluding hydrogens is 369 g/mol. The Morgan fingerprint density at radius 1 is 1.12 bits per heavy atom. The monoisotopic (exact) mass is 383 g/mol. The van der Waals surface area contributed by atoms with Crippen molar-refractivity contribution in [1.29, 1.82) is 0 Å². The van der Waals surface area contributed by atoms with Gasteiger partial charge in [0.1, 0.15) is 11.5 Å². The fourth-order valence-corrected chi connectivity index (χ4v) is 3.42. The van der Waals surface area contributed by atoms with Gasteiger partial charge in [-0.1, -0.05) is 35.0 Å². The van der Waals surface area contributed by atoms with Crippen molar-refractivity contribution in [3.05, 3.63) is 46.6 Å². The molecule has 126 valence electrons. The number of fused-ring (bicyclic) bond motifs is 1. The lowest BCUT2D eigenvalue weighted by molar-refractivity contribution is 0.318. The van der Waals surface area contributed by atoms with E-state index < -0.39 is 0 Å². The van der Waals surface area contributed by atoms with Crippen molar-refractivity contribution >= 4 is 40.6 Å². The smallest absolute Gasteiger partial charge is 0.195 e. The highest BCUT2D eigenvalue weighted by atomic mass is 35.5. The second-order valence-electron chi connectivity index (χ2n) is 4.91. The largest absolute Gasteiger partial charge is 0.497 e. The zero-order valence-electron chi connectivity index (χ0n) is 12.9. The topological polar surface area (TPSA) is 48.7 Å². The van der Waals surface area contributed by atoms with E-state index in [1.54, 1.807) is 35.5 Å². The molecule has 0 saturated carbocycles. The Morgan fingerprint density at radius 3 is 2.62 bits per heavy atom. The molecule has 0 aliphatic heterocycles. The Balaban J connectivity index is 1.50. The first kappa shape index (κ1) is 17.2. The quantitative estimate of drug-likeness (QED) is 0.440. The van der Waals surface area contributed by atoms with E-state index in [0.717, 1.165) is 28.8 Å². The summed E-state index contributed by atoms with van der Waals surface area (Å²) in [5, 5.41) is 10.0. The maximum absolute atomic E-state index is 6.10. The zero-order chi connectivity index (χ0) is 16.9. The average molecular weight is 384 g/mol. The van der Waals surface area contributed by atoms with E-state index in [0.29, 0.717) is 22.3 Å². The van der Waals surface area contributed by atoms with Crippen LogP contribution < -0.4 is 9.47 Å². The van der Waals surface area contributed by atoms with E-state index in [-0.39, 0.29) is 0 Å². The summed E-state index contributed by atoms with van der Waals surface area (Å²) in [7, 11) is 1.64. The molecule has 0 amide bonds. The van der Waals surface area contributed by atoms with E-state index in [9.17, 15) is 0 Å². The minimum Gasteiger partial charge on any atom is -0.497 e. The standard InChI is InChI=1S/C16H15Cl2N3O2S/c1-22-12-3-5-13(6-4-12)23-7-2-8-24-16-20-19-15-14(18)9-11(17)10-21(15)16/h3-6,9-10H,2,7-8H2,1H3. The second kappa shape index (κ2) is 7.96. The number of hydrogen-bond donors (Lipinski definition) is 0. The molecule has 0 aliphatic carbocycles. The summed E-state index contributed by atoms with van der Waals surface area (Å²) >= 11 is 13.7. The van der Waals surface area contributed by atoms with Gasteiger partial charge in [-0.2, -0.15) is 0 Å². The van der Waals surface area contributed by atoms with E-state index in [2.05, 4.69) is 10.2 Å². The summed E-state index contributed by atoms with van der Waals surface area (Å²) in [6.45, 7) is 0.623. The van der Waals surface area contributed by atoms with Crippen LogP contribution in [-0.2, 0) is 0 Å². The third kappa shape index (κ3) is 4.06. The van der Waals surface area contributed by atoms with Gasteiger partial charge in [-0.05, 0) is 36.8 Å². The number of thioether (sulfide) groups is 1. The Bertz CT molecular complexity index is 824. The molecule has 0 bridgehead atoms. The summed E-state index contributed by atoms with van der Waals surface area (Å²) in [6, 6.07) is 9.19. The van der Waals surface area contributed by atoms with Crippen molar-refractivity contribution in [2.45, 2.75) is 11.6 Å². The normalized spacial score (nSPS) is 11.0. The van der Waals surface area contributed by atoms with Gasteiger partial charge >= 0.3 is 0 Å². The van der Waals surface area contributed by atoms with E-state index in [1.165, 1.54) is 0 Å². The zero-order valence-corrected chi connectivity index (χ0v) is 15.2. The number of pyridine rings is 1. The third-order valence-corrected chi connectivity index (χ3v) is 4.76. The molecule has 0 radical (unpaired) electrons.